The van der Waals surface area contributed by atoms with Gasteiger partial charge in [0, 0.05) is 24.4 Å². The quantitative estimate of drug-likeness (QED) is 0.405. The fourth-order valence-electron chi connectivity index (χ4n) is 2.80. The summed E-state index contributed by atoms with van der Waals surface area (Å²) in [5.41, 5.74) is 5.76. The predicted molar refractivity (Wildman–Crippen MR) is 110 cm³/mol. The van der Waals surface area contributed by atoms with Crippen molar-refractivity contribution in [1.82, 2.24) is 0 Å². The van der Waals surface area contributed by atoms with E-state index in [0.717, 1.165) is 47.2 Å². The number of unbranched alkanes of at least 4 members (excludes halogenated alkanes) is 1. The average molecular weight is 349 g/mol. The van der Waals surface area contributed by atoms with Crippen LogP contribution in [0.2, 0.25) is 0 Å². The van der Waals surface area contributed by atoms with E-state index in [4.69, 9.17) is 4.74 Å². The topological polar surface area (TPSA) is 26.3 Å². The summed E-state index contributed by atoms with van der Waals surface area (Å²) in [6.07, 6.45) is 2.19. The molecular weight excluding hydrogens is 322 g/mol. The number of carbonyl (C=O) groups excluding carboxylic acids is 1. The number of rotatable bonds is 7. The number of hydrogen-bond donors (Lipinski definition) is 0. The third-order valence-corrected chi connectivity index (χ3v) is 5.56. The Morgan fingerprint density at radius 2 is 1.64 bits per heavy atom. The first-order chi connectivity index (χ1) is 11.4. The Balaban J connectivity index is 0.00000312. The van der Waals surface area contributed by atoms with Crippen molar-refractivity contribution in [2.45, 2.75) is 47.5 Å². The number of hydrogen-bond acceptors (Lipinski definition) is 2. The van der Waals surface area contributed by atoms with Crippen molar-refractivity contribution in [3.63, 3.8) is 0 Å². The molecule has 1 atom stereocenters. The van der Waals surface area contributed by atoms with Crippen molar-refractivity contribution < 1.29 is 9.53 Å². The molecule has 1 radical (unpaired) electrons. The minimum absolute atomic E-state index is 0. The van der Waals surface area contributed by atoms with E-state index in [2.05, 4.69) is 33.8 Å². The molecule has 0 heterocycles. The molecule has 129 valence electrons. The molecule has 0 aliphatic rings. The van der Waals surface area contributed by atoms with Crippen molar-refractivity contribution in [2.75, 3.05) is 6.61 Å². The summed E-state index contributed by atoms with van der Waals surface area (Å²) >= 11 is 0. The first kappa shape index (κ1) is 22.0. The number of benzene rings is 2. The number of ether oxygens (including phenoxy) is 1. The van der Waals surface area contributed by atoms with Crippen LogP contribution < -0.4 is 10.0 Å². The third kappa shape index (κ3) is 5.72. The van der Waals surface area contributed by atoms with E-state index in [0.29, 0.717) is 0 Å². The molecule has 2 rings (SSSR count). The largest absolute Gasteiger partial charge is 0.494 e. The summed E-state index contributed by atoms with van der Waals surface area (Å²) in [6.45, 7) is 11.2. The molecule has 25 heavy (non-hydrogen) atoms. The predicted octanol–water partition coefficient (Wildman–Crippen LogP) is 4.86. The molecule has 0 fully saturated rings. The fraction of sp³-hybridized carbons (Fsp3) is 0.381. The molecule has 1 unspecified atom stereocenters. The van der Waals surface area contributed by atoms with Crippen LogP contribution in [0.4, 0.5) is 0 Å². The van der Waals surface area contributed by atoms with Gasteiger partial charge in [0.15, 0.2) is 5.52 Å². The Kier molecular flexibility index (Phi) is 8.95. The molecule has 0 amide bonds. The van der Waals surface area contributed by atoms with Gasteiger partial charge >= 0.3 is 0 Å². The second-order valence-corrected chi connectivity index (χ2v) is 7.60. The Bertz CT molecular complexity index is 724. The van der Waals surface area contributed by atoms with Crippen molar-refractivity contribution >= 4 is 38.3 Å². The summed E-state index contributed by atoms with van der Waals surface area (Å²) in [4.78, 5) is 12.8. The van der Waals surface area contributed by atoms with Crippen molar-refractivity contribution in [1.29, 1.82) is 0 Å². The number of aryl methyl sites for hydroxylation is 2. The van der Waals surface area contributed by atoms with E-state index < -0.39 is 0 Å². The van der Waals surface area contributed by atoms with E-state index >= 15 is 0 Å². The minimum atomic E-state index is 0. The Morgan fingerprint density at radius 1 is 1.00 bits per heavy atom. The van der Waals surface area contributed by atoms with Gasteiger partial charge in [-0.25, -0.2) is 0 Å². The van der Waals surface area contributed by atoms with E-state index in [1.54, 1.807) is 0 Å². The maximum Gasteiger partial charge on any atom is 0.186 e. The van der Waals surface area contributed by atoms with Gasteiger partial charge in [-0.1, -0.05) is 31.5 Å². The van der Waals surface area contributed by atoms with Gasteiger partial charge in [-0.3, -0.25) is 4.79 Å². The summed E-state index contributed by atoms with van der Waals surface area (Å²) < 4.78 is 5.68. The zero-order valence-electron chi connectivity index (χ0n) is 16.3. The Hall–Kier alpha value is -1.06. The van der Waals surface area contributed by atoms with Crippen LogP contribution in [-0.4, -0.2) is 31.0 Å². The van der Waals surface area contributed by atoms with Gasteiger partial charge in [0.25, 0.3) is 0 Å². The molecule has 0 aliphatic carbocycles. The van der Waals surface area contributed by atoms with Gasteiger partial charge in [0.2, 0.25) is 0 Å². The minimum Gasteiger partial charge on any atom is -0.494 e. The molecule has 0 aromatic heterocycles. The molecule has 0 aliphatic heterocycles. The van der Waals surface area contributed by atoms with Crippen LogP contribution in [0.25, 0.3) is 0 Å². The summed E-state index contributed by atoms with van der Waals surface area (Å²) in [5.74, 6) is 0.878. The fourth-order valence-corrected chi connectivity index (χ4v) is 3.90. The zero-order chi connectivity index (χ0) is 17.7. The van der Waals surface area contributed by atoms with E-state index in [1.165, 1.54) is 11.1 Å². The van der Waals surface area contributed by atoms with Crippen LogP contribution in [0.1, 0.15) is 52.4 Å². The molecule has 4 heteroatoms. The molecule has 2 aromatic rings. The van der Waals surface area contributed by atoms with Crippen LogP contribution in [0.5, 0.6) is 5.75 Å². The molecular formula is C21H27LiO2P. The maximum atomic E-state index is 12.8. The number of carbonyl (C=O) groups is 1. The SMILES string of the molecule is CCCCOc1ccc(PC(=O)c2c(C)cc(C)c(C)c2C)cc1.[Li]. The summed E-state index contributed by atoms with van der Waals surface area (Å²) in [6, 6.07) is 10.0. The van der Waals surface area contributed by atoms with Gasteiger partial charge in [-0.2, -0.15) is 0 Å². The van der Waals surface area contributed by atoms with Crippen LogP contribution in [0.15, 0.2) is 30.3 Å². The molecule has 0 saturated carbocycles. The van der Waals surface area contributed by atoms with E-state index in [1.807, 2.05) is 31.2 Å². The first-order valence-electron chi connectivity index (χ1n) is 8.55. The molecule has 0 saturated heterocycles. The Labute approximate surface area is 165 Å². The Morgan fingerprint density at radius 3 is 2.24 bits per heavy atom. The van der Waals surface area contributed by atoms with Crippen LogP contribution in [-0.2, 0) is 0 Å². The zero-order valence-corrected chi connectivity index (χ0v) is 17.3. The van der Waals surface area contributed by atoms with Crippen molar-refractivity contribution in [2.24, 2.45) is 0 Å². The summed E-state index contributed by atoms with van der Waals surface area (Å²) in [7, 11) is 0.146. The first-order valence-corrected chi connectivity index (χ1v) is 9.55. The smallest absolute Gasteiger partial charge is 0.186 e. The van der Waals surface area contributed by atoms with Crippen LogP contribution in [0, 0.1) is 27.7 Å². The second-order valence-electron chi connectivity index (χ2n) is 6.32. The van der Waals surface area contributed by atoms with Crippen LogP contribution >= 0.6 is 8.58 Å². The molecule has 0 spiro atoms. The van der Waals surface area contributed by atoms with Gasteiger partial charge in [-0.05, 0) is 82.4 Å². The standard InChI is InChI=1S/C21H27O2P.Li/c1-6-7-12-23-18-8-10-19(11-9-18)24-21(22)20-15(3)13-14(2)16(4)17(20)5;/h8-11,13,24H,6-7,12H2,1-5H3;. The molecule has 0 bridgehead atoms. The van der Waals surface area contributed by atoms with Crippen molar-refractivity contribution in [3.05, 3.63) is 58.1 Å². The molecule has 2 nitrogen and oxygen atoms in total. The summed E-state index contributed by atoms with van der Waals surface area (Å²) in [5, 5.41) is 1.06. The van der Waals surface area contributed by atoms with Gasteiger partial charge in [0.05, 0.1) is 6.61 Å². The third-order valence-electron chi connectivity index (χ3n) is 4.46. The van der Waals surface area contributed by atoms with Gasteiger partial charge in [-0.15, -0.1) is 0 Å². The average Bonchev–Trinajstić information content (AvgIpc) is 2.54. The second kappa shape index (κ2) is 10.2. The van der Waals surface area contributed by atoms with Gasteiger partial charge < -0.3 is 4.74 Å². The van der Waals surface area contributed by atoms with Crippen LogP contribution in [0.3, 0.4) is 0 Å². The van der Waals surface area contributed by atoms with Gasteiger partial charge in [0.1, 0.15) is 5.75 Å². The van der Waals surface area contributed by atoms with E-state index in [-0.39, 0.29) is 33.0 Å². The monoisotopic (exact) mass is 349 g/mol. The van der Waals surface area contributed by atoms with E-state index in [9.17, 15) is 4.79 Å². The normalized spacial score (nSPS) is 10.8. The van der Waals surface area contributed by atoms with Crippen molar-refractivity contribution in [3.8, 4) is 5.75 Å². The molecule has 2 aromatic carbocycles. The molecule has 0 N–H and O–H groups in total. The maximum absolute atomic E-state index is 12.8.